The molecule has 1 aliphatic heterocycles. The quantitative estimate of drug-likeness (QED) is 0.468. The number of hydrogen-bond acceptors (Lipinski definition) is 4. The van der Waals surface area contributed by atoms with Gasteiger partial charge in [-0.25, -0.2) is 9.37 Å². The molecule has 1 saturated heterocycles. The first-order valence-corrected chi connectivity index (χ1v) is 14.0. The largest absolute Gasteiger partial charge is 0.402 e. The molecule has 1 N–H and O–H groups in total. The molecule has 36 heavy (non-hydrogen) atoms. The molecule has 3 aliphatic rings. The third-order valence-electron chi connectivity index (χ3n) is 7.77. The van der Waals surface area contributed by atoms with Crippen molar-refractivity contribution >= 4 is 21.5 Å². The van der Waals surface area contributed by atoms with Crippen LogP contribution in [0.25, 0.3) is 21.0 Å². The topological polar surface area (TPSA) is 62.3 Å². The number of nitrogens with zero attached hydrogens (tertiary/aromatic N) is 2. The molecule has 11 heteroatoms. The Morgan fingerprint density at radius 2 is 1.81 bits per heavy atom. The maximum absolute atomic E-state index is 13.6. The number of thiazole rings is 1. The Morgan fingerprint density at radius 3 is 2.53 bits per heavy atom. The maximum atomic E-state index is 13.6. The molecule has 0 amide bonds. The highest BCUT2D eigenvalue weighted by Gasteiger charge is 2.60. The minimum absolute atomic E-state index is 0.0675. The molecule has 2 aliphatic carbocycles. The average molecular weight is 538 g/mol. The molecule has 2 aromatic carbocycles. The number of nitrogens with one attached hydrogen (secondary N) is 1. The minimum atomic E-state index is -4.60. The Kier molecular flexibility index (Phi) is 5.56. The van der Waals surface area contributed by atoms with E-state index in [0.717, 1.165) is 45.0 Å². The highest BCUT2D eigenvalue weighted by atomic mass is 32.2. The summed E-state index contributed by atoms with van der Waals surface area (Å²) in [6.45, 7) is -1.63. The fraction of sp³-hybridized carbons (Fsp3) is 0.400. The Hall–Kier alpha value is -2.34. The van der Waals surface area contributed by atoms with Crippen molar-refractivity contribution in [2.45, 2.75) is 37.4 Å². The fourth-order valence-electron chi connectivity index (χ4n) is 6.16. The van der Waals surface area contributed by atoms with E-state index < -0.39 is 28.5 Å². The third kappa shape index (κ3) is 4.15. The third-order valence-corrected chi connectivity index (χ3v) is 10.4. The van der Waals surface area contributed by atoms with E-state index in [-0.39, 0.29) is 24.2 Å². The number of rotatable bonds is 3. The monoisotopic (exact) mass is 537 g/mol. The van der Waals surface area contributed by atoms with Gasteiger partial charge in [-0.3, -0.25) is 0 Å². The Bertz CT molecular complexity index is 1440. The summed E-state index contributed by atoms with van der Waals surface area (Å²) in [6.07, 6.45) is -0.138. The summed E-state index contributed by atoms with van der Waals surface area (Å²) in [4.78, 5) is 5.39. The molecule has 3 atom stereocenters. The van der Waals surface area contributed by atoms with Gasteiger partial charge >= 0.3 is 6.18 Å². The van der Waals surface area contributed by atoms with Gasteiger partial charge in [-0.2, -0.15) is 30.6 Å². The minimum Gasteiger partial charge on any atom is -0.244 e. The second-order valence-electron chi connectivity index (χ2n) is 9.93. The summed E-state index contributed by atoms with van der Waals surface area (Å²) < 4.78 is 81.5. The molecule has 6 rings (SSSR count). The number of fused-ring (bicyclic) bond motifs is 1. The van der Waals surface area contributed by atoms with E-state index >= 15 is 0 Å². The van der Waals surface area contributed by atoms with Crippen LogP contribution in [0.4, 0.5) is 17.6 Å². The van der Waals surface area contributed by atoms with Crippen LogP contribution in [0.1, 0.15) is 24.0 Å². The lowest BCUT2D eigenvalue weighted by Gasteiger charge is -2.33. The zero-order valence-electron chi connectivity index (χ0n) is 19.1. The maximum Gasteiger partial charge on any atom is 0.402 e. The van der Waals surface area contributed by atoms with Crippen molar-refractivity contribution in [3.8, 4) is 21.0 Å². The van der Waals surface area contributed by atoms with Crippen LogP contribution >= 0.6 is 11.3 Å². The normalized spacial score (nSPS) is 27.3. The Balaban J connectivity index is 1.29. The van der Waals surface area contributed by atoms with Crippen molar-refractivity contribution in [2.24, 2.45) is 11.8 Å². The SMILES string of the molecule is O=S1(=O)N[C@@]2(CN1CC(F)(F)F)[C@@H]1CC[C@H]2Cc2ccc(-c3ncc(-c4cccc(F)c4)s3)cc2C1. The number of aromatic nitrogens is 1. The molecule has 190 valence electrons. The fourth-order valence-corrected chi connectivity index (χ4v) is 8.78. The number of halogens is 4. The van der Waals surface area contributed by atoms with Crippen molar-refractivity contribution in [2.75, 3.05) is 13.1 Å². The predicted octanol–water partition coefficient (Wildman–Crippen LogP) is 5.19. The predicted molar refractivity (Wildman–Crippen MR) is 129 cm³/mol. The van der Waals surface area contributed by atoms with Crippen molar-refractivity contribution in [3.63, 3.8) is 0 Å². The first-order chi connectivity index (χ1) is 17.0. The highest BCUT2D eigenvalue weighted by molar-refractivity contribution is 7.87. The lowest BCUT2D eigenvalue weighted by molar-refractivity contribution is -0.136. The first kappa shape index (κ1) is 24.0. The van der Waals surface area contributed by atoms with Crippen molar-refractivity contribution in [1.29, 1.82) is 0 Å². The van der Waals surface area contributed by atoms with Gasteiger partial charge in [0.1, 0.15) is 17.4 Å². The van der Waals surface area contributed by atoms with E-state index in [1.807, 2.05) is 18.2 Å². The van der Waals surface area contributed by atoms with Gasteiger partial charge in [0.15, 0.2) is 0 Å². The van der Waals surface area contributed by atoms with Crippen LogP contribution in [0.5, 0.6) is 0 Å². The van der Waals surface area contributed by atoms with E-state index in [9.17, 15) is 26.0 Å². The van der Waals surface area contributed by atoms with Crippen molar-refractivity contribution < 1.29 is 26.0 Å². The average Bonchev–Trinajstić information content (AvgIpc) is 3.43. The van der Waals surface area contributed by atoms with Gasteiger partial charge in [-0.1, -0.05) is 24.3 Å². The van der Waals surface area contributed by atoms with Crippen LogP contribution in [0.3, 0.4) is 0 Å². The molecule has 1 spiro atoms. The second kappa shape index (κ2) is 8.34. The molecule has 5 nitrogen and oxygen atoms in total. The first-order valence-electron chi connectivity index (χ1n) is 11.7. The summed E-state index contributed by atoms with van der Waals surface area (Å²) in [7, 11) is -4.21. The molecule has 1 aromatic heterocycles. The van der Waals surface area contributed by atoms with Gasteiger partial charge in [-0.05, 0) is 72.4 Å². The molecular formula is C25H23F4N3O2S2. The van der Waals surface area contributed by atoms with Crippen LogP contribution in [0.15, 0.2) is 48.7 Å². The summed E-state index contributed by atoms with van der Waals surface area (Å²) in [5.41, 5.74) is 2.95. The van der Waals surface area contributed by atoms with Gasteiger partial charge in [0.25, 0.3) is 10.2 Å². The van der Waals surface area contributed by atoms with Crippen LogP contribution in [0.2, 0.25) is 0 Å². The van der Waals surface area contributed by atoms with E-state index in [0.29, 0.717) is 17.1 Å². The number of benzene rings is 2. The van der Waals surface area contributed by atoms with Gasteiger partial charge in [0, 0.05) is 18.3 Å². The summed E-state index contributed by atoms with van der Waals surface area (Å²) in [5.74, 6) is -0.471. The summed E-state index contributed by atoms with van der Waals surface area (Å²) in [6, 6.07) is 12.4. The van der Waals surface area contributed by atoms with E-state index in [1.165, 1.54) is 23.5 Å². The zero-order chi connectivity index (χ0) is 25.3. The second-order valence-corrected chi connectivity index (χ2v) is 12.6. The highest BCUT2D eigenvalue weighted by Crippen LogP contribution is 2.51. The summed E-state index contributed by atoms with van der Waals surface area (Å²) >= 11 is 1.46. The summed E-state index contributed by atoms with van der Waals surface area (Å²) in [5, 5.41) is 0.791. The van der Waals surface area contributed by atoms with Crippen LogP contribution in [-0.2, 0) is 23.1 Å². The van der Waals surface area contributed by atoms with Crippen LogP contribution < -0.4 is 4.72 Å². The molecule has 0 unspecified atom stereocenters. The molecular weight excluding hydrogens is 514 g/mol. The number of hydrogen-bond donors (Lipinski definition) is 1. The van der Waals surface area contributed by atoms with Gasteiger partial charge < -0.3 is 0 Å². The lowest BCUT2D eigenvalue weighted by Crippen LogP contribution is -2.52. The van der Waals surface area contributed by atoms with Crippen LogP contribution in [-0.4, -0.2) is 42.5 Å². The molecule has 3 aromatic rings. The molecule has 2 fully saturated rings. The van der Waals surface area contributed by atoms with Crippen molar-refractivity contribution in [1.82, 2.24) is 14.0 Å². The molecule has 1 saturated carbocycles. The number of alkyl halides is 3. The van der Waals surface area contributed by atoms with Crippen LogP contribution in [0, 0.1) is 17.7 Å². The molecule has 2 bridgehead atoms. The Morgan fingerprint density at radius 1 is 1.06 bits per heavy atom. The molecule has 0 radical (unpaired) electrons. The lowest BCUT2D eigenvalue weighted by atomic mass is 9.79. The van der Waals surface area contributed by atoms with Gasteiger partial charge in [-0.15, -0.1) is 11.3 Å². The Labute approximate surface area is 210 Å². The van der Waals surface area contributed by atoms with E-state index in [1.54, 1.807) is 12.3 Å². The van der Waals surface area contributed by atoms with Crippen molar-refractivity contribution in [3.05, 3.63) is 65.6 Å². The standard InChI is InChI=1S/C25H23F4N3O2S2/c26-21-3-1-2-16(11-21)22-12-30-23(35-22)17-5-4-15-9-19-6-7-20(10-18(15)8-17)24(19)13-32(14-25(27,28)29)36(33,34)31-24/h1-5,8,11-12,19-20,31H,6-7,9-10,13-14H2/t19-,20+,24+/m0/s1. The van der Waals surface area contributed by atoms with Gasteiger partial charge in [0.05, 0.1) is 10.4 Å². The van der Waals surface area contributed by atoms with E-state index in [2.05, 4.69) is 15.8 Å². The van der Waals surface area contributed by atoms with E-state index in [4.69, 9.17) is 0 Å². The zero-order valence-corrected chi connectivity index (χ0v) is 20.7. The van der Waals surface area contributed by atoms with Gasteiger partial charge in [0.2, 0.25) is 0 Å². The molecule has 2 heterocycles. The smallest absolute Gasteiger partial charge is 0.244 e.